The van der Waals surface area contributed by atoms with Crippen LogP contribution in [-0.4, -0.2) is 30.9 Å². The second-order valence-electron chi connectivity index (χ2n) is 5.69. The maximum Gasteiger partial charge on any atom is 0.325 e. The zero-order valence-corrected chi connectivity index (χ0v) is 15.6. The number of esters is 1. The molecule has 28 heavy (non-hydrogen) atoms. The first-order valence-corrected chi connectivity index (χ1v) is 8.83. The molecule has 0 radical (unpaired) electrons. The van der Waals surface area contributed by atoms with Gasteiger partial charge in [-0.2, -0.15) is 0 Å². The standard InChI is InChI=1S/C22H22N2O4/c1-2-28-21(26)16-23-22(27)19(15-18-11-7-4-8-12-18)24-20(25)14-13-17-9-5-3-6-10-17/h3-15H,2,16H2,1H3,(H,23,27)(H,24,25)/b14-13+,19-15+. The summed E-state index contributed by atoms with van der Waals surface area (Å²) < 4.78 is 4.79. The summed E-state index contributed by atoms with van der Waals surface area (Å²) >= 11 is 0. The normalized spacial score (nSPS) is 11.1. The topological polar surface area (TPSA) is 84.5 Å². The summed E-state index contributed by atoms with van der Waals surface area (Å²) in [4.78, 5) is 36.1. The zero-order valence-electron chi connectivity index (χ0n) is 15.6. The number of hydrogen-bond acceptors (Lipinski definition) is 4. The van der Waals surface area contributed by atoms with E-state index in [4.69, 9.17) is 4.74 Å². The van der Waals surface area contributed by atoms with Gasteiger partial charge in [-0.05, 0) is 30.2 Å². The summed E-state index contributed by atoms with van der Waals surface area (Å²) in [5.41, 5.74) is 1.62. The summed E-state index contributed by atoms with van der Waals surface area (Å²) in [6.45, 7) is 1.62. The number of amides is 2. The van der Waals surface area contributed by atoms with Crippen molar-refractivity contribution in [2.75, 3.05) is 13.2 Å². The molecule has 6 heteroatoms. The molecular weight excluding hydrogens is 356 g/mol. The van der Waals surface area contributed by atoms with Gasteiger partial charge in [0.25, 0.3) is 5.91 Å². The molecule has 0 bridgehead atoms. The van der Waals surface area contributed by atoms with Gasteiger partial charge < -0.3 is 15.4 Å². The fourth-order valence-electron chi connectivity index (χ4n) is 2.24. The predicted octanol–water partition coefficient (Wildman–Crippen LogP) is 2.54. The summed E-state index contributed by atoms with van der Waals surface area (Å²) in [6.07, 6.45) is 4.52. The molecule has 0 aliphatic heterocycles. The summed E-state index contributed by atoms with van der Waals surface area (Å²) in [6, 6.07) is 18.4. The van der Waals surface area contributed by atoms with E-state index < -0.39 is 17.8 Å². The number of ether oxygens (including phenoxy) is 1. The lowest BCUT2D eigenvalue weighted by Gasteiger charge is -2.09. The van der Waals surface area contributed by atoms with Crippen LogP contribution < -0.4 is 10.6 Å². The fraction of sp³-hybridized carbons (Fsp3) is 0.136. The van der Waals surface area contributed by atoms with Crippen molar-refractivity contribution in [2.24, 2.45) is 0 Å². The highest BCUT2D eigenvalue weighted by molar-refractivity contribution is 6.04. The van der Waals surface area contributed by atoms with Crippen LogP contribution in [0.4, 0.5) is 0 Å². The quantitative estimate of drug-likeness (QED) is 0.546. The first kappa shape index (κ1) is 20.6. The molecule has 0 saturated heterocycles. The molecule has 2 aromatic carbocycles. The van der Waals surface area contributed by atoms with Crippen molar-refractivity contribution in [1.29, 1.82) is 0 Å². The minimum Gasteiger partial charge on any atom is -0.465 e. The smallest absolute Gasteiger partial charge is 0.325 e. The van der Waals surface area contributed by atoms with Gasteiger partial charge in [0.2, 0.25) is 5.91 Å². The Bertz CT molecular complexity index is 859. The molecule has 2 rings (SSSR count). The molecule has 2 N–H and O–H groups in total. The lowest BCUT2D eigenvalue weighted by Crippen LogP contribution is -2.37. The second kappa shape index (κ2) is 11.1. The van der Waals surface area contributed by atoms with Crippen LogP contribution in [0.25, 0.3) is 12.2 Å². The summed E-state index contributed by atoms with van der Waals surface area (Å²) in [7, 11) is 0. The van der Waals surface area contributed by atoms with Gasteiger partial charge in [-0.25, -0.2) is 0 Å². The average Bonchev–Trinajstić information content (AvgIpc) is 2.72. The van der Waals surface area contributed by atoms with Crippen LogP contribution in [-0.2, 0) is 19.1 Å². The van der Waals surface area contributed by atoms with Gasteiger partial charge in [0, 0.05) is 6.08 Å². The van der Waals surface area contributed by atoms with Crippen LogP contribution in [0.3, 0.4) is 0 Å². The third kappa shape index (κ3) is 7.29. The maximum absolute atomic E-state index is 12.4. The van der Waals surface area contributed by atoms with E-state index in [1.807, 2.05) is 48.5 Å². The Labute approximate surface area is 163 Å². The van der Waals surface area contributed by atoms with E-state index in [-0.39, 0.29) is 18.8 Å². The summed E-state index contributed by atoms with van der Waals surface area (Å²) in [5, 5.41) is 5.01. The number of hydrogen-bond donors (Lipinski definition) is 2. The van der Waals surface area contributed by atoms with E-state index in [1.54, 1.807) is 25.1 Å². The molecule has 0 heterocycles. The zero-order chi connectivity index (χ0) is 20.2. The van der Waals surface area contributed by atoms with Crippen molar-refractivity contribution in [3.63, 3.8) is 0 Å². The van der Waals surface area contributed by atoms with Crippen LogP contribution in [0.15, 0.2) is 72.4 Å². The van der Waals surface area contributed by atoms with Gasteiger partial charge in [-0.15, -0.1) is 0 Å². The SMILES string of the molecule is CCOC(=O)CNC(=O)/C(=C\c1ccccc1)NC(=O)/C=C/c1ccccc1. The van der Waals surface area contributed by atoms with Gasteiger partial charge in [0.1, 0.15) is 12.2 Å². The Morgan fingerprint density at radius 1 is 0.929 bits per heavy atom. The Hall–Kier alpha value is -3.67. The molecule has 0 aliphatic carbocycles. The van der Waals surface area contributed by atoms with Crippen molar-refractivity contribution in [2.45, 2.75) is 6.92 Å². The Morgan fingerprint density at radius 2 is 1.54 bits per heavy atom. The third-order valence-corrected chi connectivity index (χ3v) is 3.54. The van der Waals surface area contributed by atoms with Crippen LogP contribution in [0.1, 0.15) is 18.1 Å². The number of rotatable bonds is 8. The molecule has 6 nitrogen and oxygen atoms in total. The molecule has 0 spiro atoms. The van der Waals surface area contributed by atoms with E-state index in [2.05, 4.69) is 10.6 Å². The van der Waals surface area contributed by atoms with E-state index in [0.29, 0.717) is 0 Å². The van der Waals surface area contributed by atoms with Crippen LogP contribution >= 0.6 is 0 Å². The molecule has 0 unspecified atom stereocenters. The van der Waals surface area contributed by atoms with Crippen molar-refractivity contribution in [1.82, 2.24) is 10.6 Å². The first-order chi connectivity index (χ1) is 13.6. The molecule has 0 atom stereocenters. The van der Waals surface area contributed by atoms with Crippen molar-refractivity contribution >= 4 is 29.9 Å². The van der Waals surface area contributed by atoms with Crippen LogP contribution in [0, 0.1) is 0 Å². The number of nitrogens with one attached hydrogen (secondary N) is 2. The van der Waals surface area contributed by atoms with Crippen LogP contribution in [0.2, 0.25) is 0 Å². The average molecular weight is 378 g/mol. The van der Waals surface area contributed by atoms with Crippen LogP contribution in [0.5, 0.6) is 0 Å². The molecule has 0 aromatic heterocycles. The second-order valence-corrected chi connectivity index (χ2v) is 5.69. The largest absolute Gasteiger partial charge is 0.465 e. The van der Waals surface area contributed by atoms with Gasteiger partial charge in [0.15, 0.2) is 0 Å². The molecule has 0 saturated carbocycles. The highest BCUT2D eigenvalue weighted by Crippen LogP contribution is 2.06. The van der Waals surface area contributed by atoms with E-state index >= 15 is 0 Å². The minimum absolute atomic E-state index is 0.0261. The Balaban J connectivity index is 2.10. The molecular formula is C22H22N2O4. The fourth-order valence-corrected chi connectivity index (χ4v) is 2.24. The minimum atomic E-state index is -0.585. The van der Waals surface area contributed by atoms with Crippen molar-refractivity contribution in [3.05, 3.63) is 83.6 Å². The monoisotopic (exact) mass is 378 g/mol. The molecule has 144 valence electrons. The van der Waals surface area contributed by atoms with Gasteiger partial charge >= 0.3 is 5.97 Å². The van der Waals surface area contributed by atoms with Crippen molar-refractivity contribution in [3.8, 4) is 0 Å². The number of carbonyl (C=O) groups is 3. The lowest BCUT2D eigenvalue weighted by molar-refractivity contribution is -0.143. The first-order valence-electron chi connectivity index (χ1n) is 8.83. The molecule has 0 fully saturated rings. The van der Waals surface area contributed by atoms with Gasteiger partial charge in [-0.1, -0.05) is 60.7 Å². The predicted molar refractivity (Wildman–Crippen MR) is 108 cm³/mol. The maximum atomic E-state index is 12.4. The summed E-state index contributed by atoms with van der Waals surface area (Å²) in [5.74, 6) is -1.60. The third-order valence-electron chi connectivity index (χ3n) is 3.54. The lowest BCUT2D eigenvalue weighted by atomic mass is 10.2. The molecule has 0 aliphatic rings. The van der Waals surface area contributed by atoms with E-state index in [0.717, 1.165) is 11.1 Å². The molecule has 2 amide bonds. The number of carbonyl (C=O) groups excluding carboxylic acids is 3. The highest BCUT2D eigenvalue weighted by Gasteiger charge is 2.13. The van der Waals surface area contributed by atoms with Crippen molar-refractivity contribution < 1.29 is 19.1 Å². The molecule has 2 aromatic rings. The Kier molecular flexibility index (Phi) is 8.20. The van der Waals surface area contributed by atoms with E-state index in [9.17, 15) is 14.4 Å². The highest BCUT2D eigenvalue weighted by atomic mass is 16.5. The van der Waals surface area contributed by atoms with Gasteiger partial charge in [0.05, 0.1) is 6.61 Å². The van der Waals surface area contributed by atoms with E-state index in [1.165, 1.54) is 12.2 Å². The number of benzene rings is 2. The Morgan fingerprint density at radius 3 is 2.14 bits per heavy atom. The van der Waals surface area contributed by atoms with Gasteiger partial charge in [-0.3, -0.25) is 14.4 Å².